The molecular formula is C10H19NO4. The Kier molecular flexibility index (Phi) is 5.01. The molecule has 1 fully saturated rings. The fraction of sp³-hybridized carbons (Fsp3) is 0.900. The number of morpholine rings is 1. The van der Waals surface area contributed by atoms with E-state index in [-0.39, 0.29) is 24.7 Å². The Morgan fingerprint density at radius 1 is 1.73 bits per heavy atom. The van der Waals surface area contributed by atoms with Crippen LogP contribution in [0.15, 0.2) is 0 Å². The Morgan fingerprint density at radius 2 is 2.47 bits per heavy atom. The summed E-state index contributed by atoms with van der Waals surface area (Å²) in [5.74, 6) is -0.238. The van der Waals surface area contributed by atoms with Gasteiger partial charge in [-0.25, -0.2) is 0 Å². The number of ether oxygens (including phenoxy) is 2. The lowest BCUT2D eigenvalue weighted by atomic mass is 10.1. The van der Waals surface area contributed by atoms with E-state index in [1.165, 1.54) is 0 Å². The van der Waals surface area contributed by atoms with Gasteiger partial charge in [-0.1, -0.05) is 0 Å². The largest absolute Gasteiger partial charge is 0.465 e. The molecule has 2 unspecified atom stereocenters. The maximum absolute atomic E-state index is 11.5. The summed E-state index contributed by atoms with van der Waals surface area (Å²) in [5, 5.41) is 9.15. The van der Waals surface area contributed by atoms with Crippen LogP contribution in [0.25, 0.3) is 0 Å². The van der Waals surface area contributed by atoms with Gasteiger partial charge in [0.15, 0.2) is 0 Å². The van der Waals surface area contributed by atoms with E-state index >= 15 is 0 Å². The Morgan fingerprint density at radius 3 is 3.07 bits per heavy atom. The molecule has 0 radical (unpaired) electrons. The van der Waals surface area contributed by atoms with Gasteiger partial charge in [-0.05, 0) is 13.8 Å². The van der Waals surface area contributed by atoms with Gasteiger partial charge in [0.25, 0.3) is 0 Å². The average Bonchev–Trinajstić information content (AvgIpc) is 2.28. The highest BCUT2D eigenvalue weighted by atomic mass is 16.5. The highest BCUT2D eigenvalue weighted by Gasteiger charge is 2.30. The maximum atomic E-state index is 11.5. The van der Waals surface area contributed by atoms with Crippen LogP contribution < -0.4 is 0 Å². The Bertz CT molecular complexity index is 210. The SMILES string of the molecule is CCOC(=O)C(C)N1CCOCC1CO. The molecule has 0 bridgehead atoms. The van der Waals surface area contributed by atoms with Crippen LogP contribution in [-0.4, -0.2) is 61.0 Å². The van der Waals surface area contributed by atoms with Gasteiger partial charge in [-0.3, -0.25) is 9.69 Å². The van der Waals surface area contributed by atoms with Crippen LogP contribution in [0.1, 0.15) is 13.8 Å². The molecule has 1 aliphatic rings. The van der Waals surface area contributed by atoms with Gasteiger partial charge in [-0.15, -0.1) is 0 Å². The van der Waals surface area contributed by atoms with Crippen molar-refractivity contribution in [2.45, 2.75) is 25.9 Å². The molecule has 1 heterocycles. The van der Waals surface area contributed by atoms with E-state index in [1.54, 1.807) is 13.8 Å². The van der Waals surface area contributed by atoms with Crippen LogP contribution in [-0.2, 0) is 14.3 Å². The lowest BCUT2D eigenvalue weighted by Crippen LogP contribution is -2.54. The van der Waals surface area contributed by atoms with Gasteiger partial charge in [0, 0.05) is 6.54 Å². The third-order valence-corrected chi connectivity index (χ3v) is 2.61. The molecule has 5 heteroatoms. The summed E-state index contributed by atoms with van der Waals surface area (Å²) in [4.78, 5) is 13.4. The topological polar surface area (TPSA) is 59.0 Å². The van der Waals surface area contributed by atoms with E-state index < -0.39 is 0 Å². The molecule has 1 rings (SSSR count). The molecule has 0 saturated carbocycles. The molecule has 5 nitrogen and oxygen atoms in total. The summed E-state index contributed by atoms with van der Waals surface area (Å²) in [6.45, 7) is 5.70. The van der Waals surface area contributed by atoms with Crippen molar-refractivity contribution in [3.05, 3.63) is 0 Å². The zero-order valence-corrected chi connectivity index (χ0v) is 9.31. The van der Waals surface area contributed by atoms with Crippen LogP contribution >= 0.6 is 0 Å². The van der Waals surface area contributed by atoms with E-state index in [1.807, 2.05) is 4.90 Å². The van der Waals surface area contributed by atoms with Gasteiger partial charge >= 0.3 is 5.97 Å². The summed E-state index contributed by atoms with van der Waals surface area (Å²) in [7, 11) is 0. The van der Waals surface area contributed by atoms with Crippen LogP contribution in [0.3, 0.4) is 0 Å². The lowest BCUT2D eigenvalue weighted by Gasteiger charge is -2.37. The smallest absolute Gasteiger partial charge is 0.323 e. The van der Waals surface area contributed by atoms with E-state index in [0.29, 0.717) is 26.4 Å². The number of carbonyl (C=O) groups excluding carboxylic acids is 1. The van der Waals surface area contributed by atoms with Crippen molar-refractivity contribution in [2.75, 3.05) is 33.0 Å². The molecule has 15 heavy (non-hydrogen) atoms. The maximum Gasteiger partial charge on any atom is 0.323 e. The first kappa shape index (κ1) is 12.4. The fourth-order valence-corrected chi connectivity index (χ4v) is 1.73. The van der Waals surface area contributed by atoms with Crippen molar-refractivity contribution in [1.29, 1.82) is 0 Å². The zero-order chi connectivity index (χ0) is 11.3. The number of esters is 1. The molecule has 0 spiro atoms. The summed E-state index contributed by atoms with van der Waals surface area (Å²) >= 11 is 0. The first-order chi connectivity index (χ1) is 7.20. The van der Waals surface area contributed by atoms with Gasteiger partial charge in [-0.2, -0.15) is 0 Å². The molecule has 0 aromatic carbocycles. The number of nitrogens with zero attached hydrogens (tertiary/aromatic N) is 1. The summed E-state index contributed by atoms with van der Waals surface area (Å²) in [6, 6.07) is -0.413. The van der Waals surface area contributed by atoms with Crippen molar-refractivity contribution in [3.63, 3.8) is 0 Å². The molecular weight excluding hydrogens is 198 g/mol. The molecule has 0 amide bonds. The highest BCUT2D eigenvalue weighted by Crippen LogP contribution is 2.11. The first-order valence-electron chi connectivity index (χ1n) is 5.31. The number of hydrogen-bond donors (Lipinski definition) is 1. The Balaban J connectivity index is 2.54. The van der Waals surface area contributed by atoms with Crippen molar-refractivity contribution < 1.29 is 19.4 Å². The molecule has 0 aromatic heterocycles. The van der Waals surface area contributed by atoms with E-state index in [2.05, 4.69) is 0 Å². The summed E-state index contributed by atoms with van der Waals surface area (Å²) in [5.41, 5.74) is 0. The van der Waals surface area contributed by atoms with Crippen molar-refractivity contribution in [3.8, 4) is 0 Å². The van der Waals surface area contributed by atoms with Crippen molar-refractivity contribution in [2.24, 2.45) is 0 Å². The van der Waals surface area contributed by atoms with Crippen molar-refractivity contribution in [1.82, 2.24) is 4.90 Å². The minimum Gasteiger partial charge on any atom is -0.465 e. The molecule has 1 N–H and O–H groups in total. The number of carbonyl (C=O) groups is 1. The standard InChI is InChI=1S/C10H19NO4/c1-3-15-10(13)8(2)11-4-5-14-7-9(11)6-12/h8-9,12H,3-7H2,1-2H3. The van der Waals surface area contributed by atoms with Gasteiger partial charge < -0.3 is 14.6 Å². The third kappa shape index (κ3) is 3.15. The quantitative estimate of drug-likeness (QED) is 0.651. The second-order valence-electron chi connectivity index (χ2n) is 3.58. The van der Waals surface area contributed by atoms with Gasteiger partial charge in [0.2, 0.25) is 0 Å². The first-order valence-corrected chi connectivity index (χ1v) is 5.31. The molecule has 2 atom stereocenters. The van der Waals surface area contributed by atoms with E-state index in [9.17, 15) is 4.79 Å². The van der Waals surface area contributed by atoms with Gasteiger partial charge in [0.1, 0.15) is 6.04 Å². The number of aliphatic hydroxyl groups excluding tert-OH is 1. The second-order valence-corrected chi connectivity index (χ2v) is 3.58. The fourth-order valence-electron chi connectivity index (χ4n) is 1.73. The number of hydrogen-bond acceptors (Lipinski definition) is 5. The highest BCUT2D eigenvalue weighted by molar-refractivity contribution is 5.75. The molecule has 88 valence electrons. The molecule has 1 saturated heterocycles. The molecule has 1 aliphatic heterocycles. The minimum absolute atomic E-state index is 0.00372. The Hall–Kier alpha value is -0.650. The monoisotopic (exact) mass is 217 g/mol. The number of rotatable bonds is 4. The summed E-state index contributed by atoms with van der Waals surface area (Å²) in [6.07, 6.45) is 0. The second kappa shape index (κ2) is 6.05. The van der Waals surface area contributed by atoms with Crippen LogP contribution in [0.5, 0.6) is 0 Å². The third-order valence-electron chi connectivity index (χ3n) is 2.61. The van der Waals surface area contributed by atoms with Gasteiger partial charge in [0.05, 0.1) is 32.5 Å². The zero-order valence-electron chi connectivity index (χ0n) is 9.31. The predicted octanol–water partition coefficient (Wildman–Crippen LogP) is -0.369. The molecule has 0 aromatic rings. The predicted molar refractivity (Wildman–Crippen MR) is 54.5 cm³/mol. The van der Waals surface area contributed by atoms with Crippen LogP contribution in [0.2, 0.25) is 0 Å². The average molecular weight is 217 g/mol. The normalized spacial score (nSPS) is 24.9. The summed E-state index contributed by atoms with van der Waals surface area (Å²) < 4.78 is 10.2. The molecule has 0 aliphatic carbocycles. The van der Waals surface area contributed by atoms with Crippen molar-refractivity contribution >= 4 is 5.97 Å². The lowest BCUT2D eigenvalue weighted by molar-refractivity contribution is -0.153. The van der Waals surface area contributed by atoms with Crippen LogP contribution in [0, 0.1) is 0 Å². The van der Waals surface area contributed by atoms with E-state index in [4.69, 9.17) is 14.6 Å². The van der Waals surface area contributed by atoms with Crippen LogP contribution in [0.4, 0.5) is 0 Å². The minimum atomic E-state index is -0.314. The Labute approximate surface area is 90.0 Å². The number of aliphatic hydroxyl groups is 1. The van der Waals surface area contributed by atoms with E-state index in [0.717, 1.165) is 0 Å².